The summed E-state index contributed by atoms with van der Waals surface area (Å²) in [6, 6.07) is 10.4. The highest BCUT2D eigenvalue weighted by molar-refractivity contribution is 7.89. The third-order valence-electron chi connectivity index (χ3n) is 5.29. The Labute approximate surface area is 151 Å². The maximum atomic E-state index is 13.9. The zero-order chi connectivity index (χ0) is 18.4. The van der Waals surface area contributed by atoms with E-state index in [9.17, 15) is 17.2 Å². The number of para-hydroxylation sites is 1. The number of ether oxygens (including phenoxy) is 1. The Hall–Kier alpha value is -1.99. The standard InChI is InChI=1S/C19H19F2NO3S/c20-15-5-6-18(16(21)13-15)26(23,24)22-11-9-19(10-12-22)8-7-14-3-1-2-4-17(14)25-19/h1-6,13H,7-12H2. The van der Waals surface area contributed by atoms with Crippen molar-refractivity contribution in [1.29, 1.82) is 0 Å². The van der Waals surface area contributed by atoms with Gasteiger partial charge in [0.05, 0.1) is 0 Å². The molecule has 7 heteroatoms. The minimum Gasteiger partial charge on any atom is -0.487 e. The molecular weight excluding hydrogens is 360 g/mol. The number of rotatable bonds is 2. The molecule has 2 aromatic carbocycles. The number of fused-ring (bicyclic) bond motifs is 1. The fourth-order valence-electron chi connectivity index (χ4n) is 3.77. The second-order valence-corrected chi connectivity index (χ2v) is 8.78. The van der Waals surface area contributed by atoms with Crippen LogP contribution in [0, 0.1) is 11.6 Å². The molecule has 2 aromatic rings. The Kier molecular flexibility index (Phi) is 4.23. The van der Waals surface area contributed by atoms with Gasteiger partial charge in [0.15, 0.2) is 0 Å². The smallest absolute Gasteiger partial charge is 0.245 e. The first-order chi connectivity index (χ1) is 12.4. The van der Waals surface area contributed by atoms with Crippen molar-refractivity contribution in [2.24, 2.45) is 0 Å². The topological polar surface area (TPSA) is 46.6 Å². The molecule has 0 N–H and O–H groups in total. The van der Waals surface area contributed by atoms with Gasteiger partial charge in [-0.15, -0.1) is 0 Å². The summed E-state index contributed by atoms with van der Waals surface area (Å²) in [6.45, 7) is 0.503. The van der Waals surface area contributed by atoms with Gasteiger partial charge in [0, 0.05) is 32.0 Å². The van der Waals surface area contributed by atoms with E-state index in [1.54, 1.807) is 0 Å². The second-order valence-electron chi connectivity index (χ2n) is 6.87. The van der Waals surface area contributed by atoms with Crippen molar-refractivity contribution in [3.63, 3.8) is 0 Å². The van der Waals surface area contributed by atoms with Crippen molar-refractivity contribution in [2.45, 2.75) is 36.2 Å². The molecule has 0 saturated carbocycles. The molecule has 0 unspecified atom stereocenters. The van der Waals surface area contributed by atoms with Crippen molar-refractivity contribution in [3.05, 3.63) is 59.7 Å². The highest BCUT2D eigenvalue weighted by Crippen LogP contribution is 2.40. The highest BCUT2D eigenvalue weighted by atomic mass is 32.2. The van der Waals surface area contributed by atoms with Gasteiger partial charge < -0.3 is 4.74 Å². The summed E-state index contributed by atoms with van der Waals surface area (Å²) >= 11 is 0. The van der Waals surface area contributed by atoms with Gasteiger partial charge in [0.1, 0.15) is 27.9 Å². The normalized spacial score (nSPS) is 19.8. The van der Waals surface area contributed by atoms with Crippen LogP contribution in [0.3, 0.4) is 0 Å². The van der Waals surface area contributed by atoms with Crippen LogP contribution in [0.2, 0.25) is 0 Å². The SMILES string of the molecule is O=S(=O)(c1ccc(F)cc1F)N1CCC2(CCc3ccccc3O2)CC1. The fraction of sp³-hybridized carbons (Fsp3) is 0.368. The molecule has 4 nitrogen and oxygen atoms in total. The Morgan fingerprint density at radius 1 is 1.00 bits per heavy atom. The van der Waals surface area contributed by atoms with E-state index in [2.05, 4.69) is 0 Å². The molecule has 0 bridgehead atoms. The molecule has 1 fully saturated rings. The van der Waals surface area contributed by atoms with Crippen LogP contribution in [0.1, 0.15) is 24.8 Å². The average Bonchev–Trinajstić information content (AvgIpc) is 2.62. The van der Waals surface area contributed by atoms with E-state index in [1.165, 1.54) is 9.87 Å². The van der Waals surface area contributed by atoms with Gasteiger partial charge in [-0.1, -0.05) is 18.2 Å². The Bertz CT molecular complexity index is 938. The average molecular weight is 379 g/mol. The molecule has 2 heterocycles. The number of halogens is 2. The number of sulfonamides is 1. The van der Waals surface area contributed by atoms with E-state index < -0.39 is 26.6 Å². The van der Waals surface area contributed by atoms with Crippen LogP contribution in [0.15, 0.2) is 47.4 Å². The minimum atomic E-state index is -3.99. The highest BCUT2D eigenvalue weighted by Gasteiger charge is 2.42. The molecule has 26 heavy (non-hydrogen) atoms. The number of piperidine rings is 1. The van der Waals surface area contributed by atoms with Crippen molar-refractivity contribution in [2.75, 3.05) is 13.1 Å². The lowest BCUT2D eigenvalue weighted by Crippen LogP contribution is -2.51. The maximum Gasteiger partial charge on any atom is 0.245 e. The number of aryl methyl sites for hydroxylation is 1. The summed E-state index contributed by atoms with van der Waals surface area (Å²) in [5.74, 6) is -0.999. The third kappa shape index (κ3) is 2.99. The molecular formula is C19H19F2NO3S. The van der Waals surface area contributed by atoms with Crippen molar-refractivity contribution < 1.29 is 21.9 Å². The summed E-state index contributed by atoms with van der Waals surface area (Å²) in [6.07, 6.45) is 2.82. The predicted molar refractivity (Wildman–Crippen MR) is 92.5 cm³/mol. The molecule has 2 aliphatic heterocycles. The summed E-state index contributed by atoms with van der Waals surface area (Å²) < 4.78 is 59.9. The molecule has 1 spiro atoms. The van der Waals surface area contributed by atoms with Gasteiger partial charge >= 0.3 is 0 Å². The first-order valence-electron chi connectivity index (χ1n) is 8.62. The number of benzene rings is 2. The summed E-state index contributed by atoms with van der Waals surface area (Å²) in [7, 11) is -3.99. The van der Waals surface area contributed by atoms with E-state index in [4.69, 9.17) is 4.74 Å². The summed E-state index contributed by atoms with van der Waals surface area (Å²) in [4.78, 5) is -0.482. The molecule has 0 aromatic heterocycles. The van der Waals surface area contributed by atoms with Crippen molar-refractivity contribution >= 4 is 10.0 Å². The summed E-state index contributed by atoms with van der Waals surface area (Å²) in [5.41, 5.74) is 0.795. The van der Waals surface area contributed by atoms with Crippen LogP contribution in [-0.4, -0.2) is 31.4 Å². The van der Waals surface area contributed by atoms with Gasteiger partial charge in [0.2, 0.25) is 10.0 Å². The third-order valence-corrected chi connectivity index (χ3v) is 7.23. The quantitative estimate of drug-likeness (QED) is 0.802. The van der Waals surface area contributed by atoms with Crippen LogP contribution in [-0.2, 0) is 16.4 Å². The minimum absolute atomic E-state index is 0.251. The van der Waals surface area contributed by atoms with E-state index in [-0.39, 0.29) is 18.7 Å². The van der Waals surface area contributed by atoms with E-state index in [1.807, 2.05) is 24.3 Å². The van der Waals surface area contributed by atoms with Crippen LogP contribution < -0.4 is 4.74 Å². The first kappa shape index (κ1) is 17.4. The molecule has 0 aliphatic carbocycles. The Morgan fingerprint density at radius 2 is 1.73 bits per heavy atom. The molecule has 2 aliphatic rings. The monoisotopic (exact) mass is 379 g/mol. The van der Waals surface area contributed by atoms with Gasteiger partial charge in [0.25, 0.3) is 0 Å². The molecule has 0 radical (unpaired) electrons. The zero-order valence-electron chi connectivity index (χ0n) is 14.1. The first-order valence-corrected chi connectivity index (χ1v) is 10.1. The lowest BCUT2D eigenvalue weighted by atomic mass is 9.84. The Balaban J connectivity index is 1.52. The number of nitrogens with zero attached hydrogens (tertiary/aromatic N) is 1. The molecule has 1 saturated heterocycles. The van der Waals surface area contributed by atoms with Crippen LogP contribution >= 0.6 is 0 Å². The molecule has 138 valence electrons. The Morgan fingerprint density at radius 3 is 2.46 bits per heavy atom. The van der Waals surface area contributed by atoms with Gasteiger partial charge in [-0.25, -0.2) is 17.2 Å². The van der Waals surface area contributed by atoms with Crippen LogP contribution in [0.5, 0.6) is 5.75 Å². The van der Waals surface area contributed by atoms with Crippen LogP contribution in [0.25, 0.3) is 0 Å². The number of hydrogen-bond acceptors (Lipinski definition) is 3. The largest absolute Gasteiger partial charge is 0.487 e. The van der Waals surface area contributed by atoms with Crippen LogP contribution in [0.4, 0.5) is 8.78 Å². The predicted octanol–water partition coefficient (Wildman–Crippen LogP) is 3.51. The van der Waals surface area contributed by atoms with Gasteiger partial charge in [-0.2, -0.15) is 4.31 Å². The maximum absolute atomic E-state index is 13.9. The van der Waals surface area contributed by atoms with Gasteiger partial charge in [-0.3, -0.25) is 0 Å². The molecule has 0 atom stereocenters. The van der Waals surface area contributed by atoms with E-state index in [0.29, 0.717) is 18.9 Å². The molecule has 0 amide bonds. The van der Waals surface area contributed by atoms with Crippen molar-refractivity contribution in [3.8, 4) is 5.75 Å². The van der Waals surface area contributed by atoms with E-state index in [0.717, 1.165) is 30.7 Å². The fourth-order valence-corrected chi connectivity index (χ4v) is 5.25. The number of hydrogen-bond donors (Lipinski definition) is 0. The lowest BCUT2D eigenvalue weighted by Gasteiger charge is -2.44. The van der Waals surface area contributed by atoms with E-state index >= 15 is 0 Å². The second kappa shape index (κ2) is 6.32. The van der Waals surface area contributed by atoms with Crippen molar-refractivity contribution in [1.82, 2.24) is 4.31 Å². The summed E-state index contributed by atoms with van der Waals surface area (Å²) in [5, 5.41) is 0. The molecule has 4 rings (SSSR count). The lowest BCUT2D eigenvalue weighted by molar-refractivity contribution is 0.00178. The van der Waals surface area contributed by atoms with Gasteiger partial charge in [-0.05, 0) is 36.6 Å². The zero-order valence-corrected chi connectivity index (χ0v) is 14.9.